The van der Waals surface area contributed by atoms with Crippen LogP contribution in [0.5, 0.6) is 0 Å². The van der Waals surface area contributed by atoms with E-state index in [1.165, 1.54) is 0 Å². The minimum Gasteiger partial charge on any atom is -0.412 e. The molecule has 0 saturated carbocycles. The smallest absolute Gasteiger partial charge is 0.412 e. The molecule has 0 aromatic carbocycles. The van der Waals surface area contributed by atoms with Gasteiger partial charge in [-0.15, -0.1) is 9.79 Å². The molecular weight excluding hydrogens is 239 g/mol. The second kappa shape index (κ2) is 248. The minimum atomic E-state index is -2.87. The van der Waals surface area contributed by atoms with Crippen LogP contribution in [0.25, 0.3) is 0 Å². The third-order valence-electron chi connectivity index (χ3n) is 0. The van der Waals surface area contributed by atoms with E-state index in [9.17, 15) is 0 Å². The van der Waals surface area contributed by atoms with E-state index in [1.807, 2.05) is 0 Å². The highest BCUT2D eigenvalue weighted by Crippen LogP contribution is 1.98. The summed E-state index contributed by atoms with van der Waals surface area (Å²) < 4.78 is 8.70. The summed E-state index contributed by atoms with van der Waals surface area (Å²) in [4.78, 5) is 14.2. The van der Waals surface area contributed by atoms with Gasteiger partial charge in [-0.25, -0.2) is 0 Å². The van der Waals surface area contributed by atoms with Crippen LogP contribution < -0.4 is 0 Å². The average molecular weight is 261 g/mol. The van der Waals surface area contributed by atoms with Gasteiger partial charge in [0.25, 0.3) is 0 Å². The van der Waals surface area contributed by atoms with Gasteiger partial charge in [0.05, 0.1) is 0 Å². The summed E-state index contributed by atoms with van der Waals surface area (Å²) in [5.74, 6) is 0. The van der Waals surface area contributed by atoms with Gasteiger partial charge in [0.15, 0.2) is 0 Å². The van der Waals surface area contributed by atoms with Gasteiger partial charge in [-0.3, -0.25) is 0 Å². The van der Waals surface area contributed by atoms with Crippen molar-refractivity contribution in [2.75, 3.05) is 0 Å². The standard InChI is InChI=1S/HO3P.10H2O/c1-4(2)3;;;;;;;;;;/h(H-,1,2,3);10*1H2/p+1. The van der Waals surface area contributed by atoms with Crippen molar-refractivity contribution in [1.82, 2.24) is 0 Å². The zero-order valence-corrected chi connectivity index (χ0v) is 7.64. The largest absolute Gasteiger partial charge is 0.692 e. The summed E-state index contributed by atoms with van der Waals surface area (Å²) >= 11 is 0. The van der Waals surface area contributed by atoms with Crippen molar-refractivity contribution in [3.8, 4) is 0 Å². The number of hydrogen-bond acceptors (Lipinski definition) is 1. The Morgan fingerprint density at radius 2 is 0.500 bits per heavy atom. The van der Waals surface area contributed by atoms with Gasteiger partial charge < -0.3 is 54.8 Å². The third-order valence-corrected chi connectivity index (χ3v) is 0. The van der Waals surface area contributed by atoms with Gasteiger partial charge in [0.1, 0.15) is 0 Å². The molecule has 0 spiro atoms. The first-order valence-electron chi connectivity index (χ1n) is 0.583. The maximum absolute atomic E-state index is 8.70. The Morgan fingerprint density at radius 1 is 0.500 bits per heavy atom. The van der Waals surface area contributed by atoms with E-state index in [4.69, 9.17) is 14.4 Å². The van der Waals surface area contributed by atoms with Crippen LogP contribution in [0.1, 0.15) is 0 Å². The van der Waals surface area contributed by atoms with Gasteiger partial charge in [0.2, 0.25) is 0 Å². The molecule has 0 heterocycles. The van der Waals surface area contributed by atoms with Crippen LogP contribution >= 0.6 is 8.25 Å². The molecule has 0 aliphatic rings. The van der Waals surface area contributed by atoms with Gasteiger partial charge in [-0.1, -0.05) is 0 Å². The Bertz CT molecular complexity index is 28.2. The van der Waals surface area contributed by atoms with E-state index in [0.717, 1.165) is 0 Å². The van der Waals surface area contributed by atoms with Gasteiger partial charge in [0, 0.05) is 4.57 Å². The molecule has 0 aliphatic carbocycles. The molecule has 0 radical (unpaired) electrons. The van der Waals surface area contributed by atoms with Crippen LogP contribution in [0.3, 0.4) is 0 Å². The van der Waals surface area contributed by atoms with Crippen molar-refractivity contribution in [3.63, 3.8) is 0 Å². The van der Waals surface area contributed by atoms with Gasteiger partial charge in [-0.05, 0) is 0 Å². The second-order valence-electron chi connectivity index (χ2n) is 0.253. The molecule has 0 saturated heterocycles. The fourth-order valence-corrected chi connectivity index (χ4v) is 0. The van der Waals surface area contributed by atoms with Crippen molar-refractivity contribution in [1.29, 1.82) is 0 Å². The lowest BCUT2D eigenvalue weighted by atomic mass is 15.8. The fourth-order valence-electron chi connectivity index (χ4n) is 0. The summed E-state index contributed by atoms with van der Waals surface area (Å²) in [6.07, 6.45) is 0. The average Bonchev–Trinajstić information content (AvgIpc) is 0.811. The Kier molecular flexibility index (Phi) is 5600. The molecule has 0 aliphatic heterocycles. The fraction of sp³-hybridized carbons (Fsp3) is 0. The normalized spacial score (nSPS) is 1.86. The van der Waals surface area contributed by atoms with Crippen LogP contribution in [-0.4, -0.2) is 64.5 Å². The Hall–Kier alpha value is -0.380. The van der Waals surface area contributed by atoms with Gasteiger partial charge in [-0.2, -0.15) is 0 Å². The Labute approximate surface area is 78.6 Å². The highest BCUT2D eigenvalue weighted by Gasteiger charge is 1.93. The van der Waals surface area contributed by atoms with Crippen LogP contribution in [0.2, 0.25) is 0 Å². The molecule has 0 aromatic rings. The monoisotopic (exact) mass is 261 g/mol. The zero-order valence-electron chi connectivity index (χ0n) is 6.75. The summed E-state index contributed by atoms with van der Waals surface area (Å²) in [5.41, 5.74) is 0. The van der Waals surface area contributed by atoms with Crippen molar-refractivity contribution >= 4 is 8.25 Å². The summed E-state index contributed by atoms with van der Waals surface area (Å²) in [5, 5.41) is 0. The molecule has 13 nitrogen and oxygen atoms in total. The summed E-state index contributed by atoms with van der Waals surface area (Å²) in [6, 6.07) is 0. The molecule has 0 aromatic heterocycles. The molecule has 104 valence electrons. The molecular formula is H22O13P+. The first-order chi connectivity index (χ1) is 1.73. The van der Waals surface area contributed by atoms with E-state index < -0.39 is 8.25 Å². The molecule has 14 heteroatoms. The van der Waals surface area contributed by atoms with Crippen LogP contribution in [-0.2, 0) is 4.57 Å². The van der Waals surface area contributed by atoms with Crippen molar-refractivity contribution in [2.45, 2.75) is 0 Å². The lowest BCUT2D eigenvalue weighted by molar-refractivity contribution is 0.405. The molecule has 0 fully saturated rings. The van der Waals surface area contributed by atoms with Gasteiger partial charge >= 0.3 is 8.25 Å². The quantitative estimate of drug-likeness (QED) is 0.400. The highest BCUT2D eigenvalue weighted by molar-refractivity contribution is 7.30. The minimum absolute atomic E-state index is 0. The molecule has 14 heavy (non-hydrogen) atoms. The maximum atomic E-state index is 8.70. The summed E-state index contributed by atoms with van der Waals surface area (Å²) in [6.45, 7) is 0. The first-order valence-corrected chi connectivity index (χ1v) is 1.75. The molecule has 0 unspecified atom stereocenters. The Morgan fingerprint density at radius 3 is 0.500 bits per heavy atom. The lowest BCUT2D eigenvalue weighted by Crippen LogP contribution is -1.38. The van der Waals surface area contributed by atoms with Crippen LogP contribution in [0, 0.1) is 0 Å². The zero-order chi connectivity index (χ0) is 3.58. The molecule has 0 rings (SSSR count). The van der Waals surface area contributed by atoms with E-state index >= 15 is 0 Å². The highest BCUT2D eigenvalue weighted by atomic mass is 31.1. The third kappa shape index (κ3) is 9080. The van der Waals surface area contributed by atoms with Crippen molar-refractivity contribution in [3.05, 3.63) is 0 Å². The van der Waals surface area contributed by atoms with E-state index in [0.29, 0.717) is 0 Å². The predicted octanol–water partition coefficient (Wildman–Crippen LogP) is -8.62. The molecule has 22 N–H and O–H groups in total. The number of rotatable bonds is 0. The van der Waals surface area contributed by atoms with Crippen molar-refractivity contribution in [2.24, 2.45) is 0 Å². The Balaban J connectivity index is -0.000000001000. The lowest BCUT2D eigenvalue weighted by Gasteiger charge is -1.34. The van der Waals surface area contributed by atoms with E-state index in [-0.39, 0.29) is 54.8 Å². The van der Waals surface area contributed by atoms with E-state index in [1.54, 1.807) is 0 Å². The molecule has 0 atom stereocenters. The number of hydrogen-bond donors (Lipinski definition) is 2. The van der Waals surface area contributed by atoms with Crippen LogP contribution in [0.4, 0.5) is 0 Å². The second-order valence-corrected chi connectivity index (χ2v) is 0.758. The predicted molar refractivity (Wildman–Crippen MR) is 48.2 cm³/mol. The van der Waals surface area contributed by atoms with E-state index in [2.05, 4.69) is 0 Å². The molecule has 0 bridgehead atoms. The van der Waals surface area contributed by atoms with Crippen LogP contribution in [0.15, 0.2) is 0 Å². The maximum Gasteiger partial charge on any atom is 0.692 e. The SMILES string of the molecule is O.O.O.O.O.O.O.O.O.O.O=[P+](O)O. The first kappa shape index (κ1) is 316. The topological polar surface area (TPSA) is 373 Å². The summed E-state index contributed by atoms with van der Waals surface area (Å²) in [7, 11) is -2.87. The molecule has 0 amide bonds. The van der Waals surface area contributed by atoms with Crippen molar-refractivity contribution < 1.29 is 69.1 Å².